The molecule has 3 aromatic heterocycles. The van der Waals surface area contributed by atoms with E-state index in [0.717, 1.165) is 21.9 Å². The van der Waals surface area contributed by atoms with Gasteiger partial charge in [0.2, 0.25) is 0 Å². The summed E-state index contributed by atoms with van der Waals surface area (Å²) in [5.74, 6) is 0.288. The number of hydrogen-bond donors (Lipinski definition) is 1. The number of thiazole rings is 1. The molecule has 0 unspecified atom stereocenters. The number of nitrogens with zero attached hydrogens (tertiary/aromatic N) is 3. The van der Waals surface area contributed by atoms with E-state index in [1.54, 1.807) is 22.8 Å². The Balaban J connectivity index is 1.40. The maximum Gasteiger partial charge on any atom is 0.270 e. The highest BCUT2D eigenvalue weighted by atomic mass is 32.1. The average molecular weight is 386 g/mol. The second-order valence-corrected chi connectivity index (χ2v) is 7.41. The van der Waals surface area contributed by atoms with Crippen molar-refractivity contribution in [3.63, 3.8) is 0 Å². The summed E-state index contributed by atoms with van der Waals surface area (Å²) in [5, 5.41) is 9.47. The molecule has 0 aliphatic heterocycles. The summed E-state index contributed by atoms with van der Waals surface area (Å²) >= 11 is 3.06. The minimum atomic E-state index is -0.305. The molecule has 0 saturated heterocycles. The van der Waals surface area contributed by atoms with Gasteiger partial charge in [-0.05, 0) is 23.6 Å². The molecule has 3 heterocycles. The van der Waals surface area contributed by atoms with Gasteiger partial charge < -0.3 is 9.88 Å². The van der Waals surface area contributed by atoms with Gasteiger partial charge in [-0.1, -0.05) is 0 Å². The highest BCUT2D eigenvalue weighted by molar-refractivity contribution is 7.14. The first kappa shape index (κ1) is 16.9. The van der Waals surface area contributed by atoms with Gasteiger partial charge in [0, 0.05) is 42.4 Å². The molecule has 0 radical (unpaired) electrons. The Bertz CT molecular complexity index is 1070. The summed E-state index contributed by atoms with van der Waals surface area (Å²) in [6.45, 7) is 0.434. The van der Waals surface area contributed by atoms with Gasteiger partial charge in [-0.2, -0.15) is 11.3 Å². The minimum absolute atomic E-state index is 0.201. The Hall–Kier alpha value is -2.58. The monoisotopic (exact) mass is 386 g/mol. The summed E-state index contributed by atoms with van der Waals surface area (Å²) in [5.41, 5.74) is 2.94. The van der Waals surface area contributed by atoms with E-state index < -0.39 is 0 Å². The number of thiophene rings is 1. The van der Waals surface area contributed by atoms with E-state index in [4.69, 9.17) is 0 Å². The number of carbonyl (C=O) groups is 1. The first-order valence-corrected chi connectivity index (χ1v) is 9.81. The summed E-state index contributed by atoms with van der Waals surface area (Å²) < 4.78 is 15.2. The summed E-state index contributed by atoms with van der Waals surface area (Å²) in [6.07, 6.45) is 0.556. The number of halogens is 1. The van der Waals surface area contributed by atoms with Crippen LogP contribution in [0.4, 0.5) is 4.39 Å². The first-order valence-electron chi connectivity index (χ1n) is 7.99. The normalized spacial score (nSPS) is 11.2. The van der Waals surface area contributed by atoms with Crippen LogP contribution in [0.5, 0.6) is 0 Å². The summed E-state index contributed by atoms with van der Waals surface area (Å²) in [4.78, 5) is 21.1. The molecule has 132 valence electrons. The van der Waals surface area contributed by atoms with Crippen LogP contribution in [-0.4, -0.2) is 27.0 Å². The van der Waals surface area contributed by atoms with Crippen LogP contribution in [0.1, 0.15) is 16.3 Å². The van der Waals surface area contributed by atoms with Crippen molar-refractivity contribution in [1.82, 2.24) is 19.9 Å². The third-order valence-electron chi connectivity index (χ3n) is 4.07. The fraction of sp³-hybridized carbons (Fsp3) is 0.167. The van der Waals surface area contributed by atoms with Crippen molar-refractivity contribution >= 4 is 39.6 Å². The maximum absolute atomic E-state index is 13.3. The molecule has 0 saturated carbocycles. The van der Waals surface area contributed by atoms with Crippen LogP contribution in [0, 0.1) is 5.82 Å². The lowest BCUT2D eigenvalue weighted by Crippen LogP contribution is -2.26. The molecule has 0 atom stereocenters. The number of fused-ring (bicyclic) bond motifs is 1. The topological polar surface area (TPSA) is 59.8 Å². The van der Waals surface area contributed by atoms with E-state index >= 15 is 0 Å². The number of benzene rings is 1. The number of rotatable bonds is 5. The third-order valence-corrected chi connectivity index (χ3v) is 5.65. The standard InChI is InChI=1S/C18H15FN4OS2/c1-23-15-3-2-12(19)8-13(15)21-16(23)4-6-20-17(24)14-10-26-18(22-14)11-5-7-25-9-11/h2-3,5,7-10H,4,6H2,1H3,(H,20,24). The zero-order valence-electron chi connectivity index (χ0n) is 13.9. The zero-order chi connectivity index (χ0) is 18.1. The summed E-state index contributed by atoms with van der Waals surface area (Å²) in [6, 6.07) is 6.53. The van der Waals surface area contributed by atoms with E-state index in [0.29, 0.717) is 24.2 Å². The highest BCUT2D eigenvalue weighted by Crippen LogP contribution is 2.25. The smallest absolute Gasteiger partial charge is 0.270 e. The molecule has 5 nitrogen and oxygen atoms in total. The highest BCUT2D eigenvalue weighted by Gasteiger charge is 2.13. The van der Waals surface area contributed by atoms with E-state index in [1.807, 2.05) is 28.4 Å². The minimum Gasteiger partial charge on any atom is -0.350 e. The van der Waals surface area contributed by atoms with Gasteiger partial charge in [-0.25, -0.2) is 14.4 Å². The molecule has 0 bridgehead atoms. The van der Waals surface area contributed by atoms with Crippen molar-refractivity contribution in [2.24, 2.45) is 7.05 Å². The van der Waals surface area contributed by atoms with Gasteiger partial charge >= 0.3 is 0 Å². The van der Waals surface area contributed by atoms with Crippen molar-refractivity contribution in [1.29, 1.82) is 0 Å². The number of carbonyl (C=O) groups excluding carboxylic acids is 1. The molecule has 0 aliphatic rings. The van der Waals surface area contributed by atoms with Crippen molar-refractivity contribution < 1.29 is 9.18 Å². The molecular formula is C18H15FN4OS2. The predicted octanol–water partition coefficient (Wildman–Crippen LogP) is 3.87. The van der Waals surface area contributed by atoms with E-state index in [2.05, 4.69) is 15.3 Å². The molecule has 1 N–H and O–H groups in total. The van der Waals surface area contributed by atoms with Crippen molar-refractivity contribution in [3.05, 3.63) is 57.7 Å². The lowest BCUT2D eigenvalue weighted by atomic mass is 10.3. The van der Waals surface area contributed by atoms with E-state index in [1.165, 1.54) is 23.5 Å². The Labute approximate surface area is 157 Å². The molecule has 4 aromatic rings. The molecule has 1 amide bonds. The van der Waals surface area contributed by atoms with Crippen LogP contribution in [0.25, 0.3) is 21.6 Å². The molecule has 8 heteroatoms. The second kappa shape index (κ2) is 6.97. The first-order chi connectivity index (χ1) is 12.6. The van der Waals surface area contributed by atoms with Gasteiger partial charge in [0.1, 0.15) is 22.3 Å². The fourth-order valence-electron chi connectivity index (χ4n) is 2.72. The van der Waals surface area contributed by atoms with Crippen molar-refractivity contribution in [3.8, 4) is 10.6 Å². The van der Waals surface area contributed by atoms with Crippen molar-refractivity contribution in [2.75, 3.05) is 6.54 Å². The lowest BCUT2D eigenvalue weighted by Gasteiger charge is -2.04. The molecule has 0 spiro atoms. The van der Waals surface area contributed by atoms with Gasteiger partial charge in [0.05, 0.1) is 11.0 Å². The molecule has 0 fully saturated rings. The van der Waals surface area contributed by atoms with Gasteiger partial charge in [0.25, 0.3) is 5.91 Å². The largest absolute Gasteiger partial charge is 0.350 e. The molecule has 1 aromatic carbocycles. The SMILES string of the molecule is Cn1c(CCNC(=O)c2csc(-c3ccsc3)n2)nc2cc(F)ccc21. The van der Waals surface area contributed by atoms with E-state index in [-0.39, 0.29) is 11.7 Å². The van der Waals surface area contributed by atoms with E-state index in [9.17, 15) is 9.18 Å². The van der Waals surface area contributed by atoms with Crippen LogP contribution in [0.3, 0.4) is 0 Å². The molecule has 4 rings (SSSR count). The number of amides is 1. The molecule has 0 aliphatic carbocycles. The Kier molecular flexibility index (Phi) is 4.52. The Morgan fingerprint density at radius 1 is 1.27 bits per heavy atom. The van der Waals surface area contributed by atoms with Gasteiger partial charge in [-0.3, -0.25) is 4.79 Å². The van der Waals surface area contributed by atoms with Crippen LogP contribution in [0.2, 0.25) is 0 Å². The third kappa shape index (κ3) is 3.25. The zero-order valence-corrected chi connectivity index (χ0v) is 15.5. The second-order valence-electron chi connectivity index (χ2n) is 5.78. The molecular weight excluding hydrogens is 371 g/mol. The number of aromatic nitrogens is 3. The van der Waals surface area contributed by atoms with Crippen LogP contribution in [-0.2, 0) is 13.5 Å². The number of hydrogen-bond acceptors (Lipinski definition) is 5. The predicted molar refractivity (Wildman–Crippen MR) is 102 cm³/mol. The lowest BCUT2D eigenvalue weighted by molar-refractivity contribution is 0.0949. The fourth-order valence-corrected chi connectivity index (χ4v) is 4.23. The van der Waals surface area contributed by atoms with Crippen LogP contribution < -0.4 is 5.32 Å². The van der Waals surface area contributed by atoms with Crippen LogP contribution in [0.15, 0.2) is 40.4 Å². The van der Waals surface area contributed by atoms with Gasteiger partial charge in [-0.15, -0.1) is 11.3 Å². The Morgan fingerprint density at radius 2 is 2.15 bits per heavy atom. The van der Waals surface area contributed by atoms with Crippen molar-refractivity contribution in [2.45, 2.75) is 6.42 Å². The van der Waals surface area contributed by atoms with Gasteiger partial charge in [0.15, 0.2) is 0 Å². The molecule has 26 heavy (non-hydrogen) atoms. The average Bonchev–Trinajstić information content (AvgIpc) is 3.35. The number of aryl methyl sites for hydroxylation is 1. The number of imidazole rings is 1. The Morgan fingerprint density at radius 3 is 2.96 bits per heavy atom. The maximum atomic E-state index is 13.3. The number of nitrogens with one attached hydrogen (secondary N) is 1. The quantitative estimate of drug-likeness (QED) is 0.566. The summed E-state index contributed by atoms with van der Waals surface area (Å²) in [7, 11) is 1.89. The van der Waals surface area contributed by atoms with Crippen LogP contribution >= 0.6 is 22.7 Å².